The highest BCUT2D eigenvalue weighted by Crippen LogP contribution is 2.33. The number of hydrogen-bond acceptors (Lipinski definition) is 5. The zero-order valence-electron chi connectivity index (χ0n) is 16.3. The maximum atomic E-state index is 12.4. The van der Waals surface area contributed by atoms with Crippen molar-refractivity contribution in [2.45, 2.75) is 31.4 Å². The quantitative estimate of drug-likeness (QED) is 0.770. The van der Waals surface area contributed by atoms with Gasteiger partial charge < -0.3 is 14.4 Å². The molecule has 1 amide bonds. The number of piperidine rings is 1. The highest BCUT2D eigenvalue weighted by atomic mass is 16.6. The molecular formula is C22H27N3O3. The van der Waals surface area contributed by atoms with E-state index in [9.17, 15) is 4.79 Å². The monoisotopic (exact) mass is 381 g/mol. The van der Waals surface area contributed by atoms with E-state index < -0.39 is 0 Å². The molecule has 0 aliphatic carbocycles. The number of nitrogens with zero attached hydrogens (tertiary/aromatic N) is 3. The van der Waals surface area contributed by atoms with E-state index in [2.05, 4.69) is 22.0 Å². The van der Waals surface area contributed by atoms with Gasteiger partial charge in [-0.2, -0.15) is 0 Å². The Kier molecular flexibility index (Phi) is 5.48. The van der Waals surface area contributed by atoms with Gasteiger partial charge in [0.15, 0.2) is 0 Å². The molecule has 1 aromatic carbocycles. The van der Waals surface area contributed by atoms with Gasteiger partial charge in [0, 0.05) is 51.3 Å². The lowest BCUT2D eigenvalue weighted by Crippen LogP contribution is -2.46. The molecule has 148 valence electrons. The average Bonchev–Trinajstić information content (AvgIpc) is 3.04. The molecule has 1 aromatic heterocycles. The molecule has 0 bridgehead atoms. The number of methoxy groups -OCH3 is 1. The van der Waals surface area contributed by atoms with Crippen LogP contribution >= 0.6 is 0 Å². The molecule has 28 heavy (non-hydrogen) atoms. The number of carbonyl (C=O) groups excluding carboxylic acids is 1. The lowest BCUT2D eigenvalue weighted by Gasteiger charge is -2.37. The molecule has 2 aliphatic rings. The third-order valence-electron chi connectivity index (χ3n) is 5.73. The SMILES string of the molecule is COc1ccnc(CN2CCC3(CC2)CN(CCc2ccccc2)C(=O)O3)c1. The van der Waals surface area contributed by atoms with E-state index in [1.165, 1.54) is 5.56 Å². The van der Waals surface area contributed by atoms with Crippen LogP contribution in [0.2, 0.25) is 0 Å². The van der Waals surface area contributed by atoms with Gasteiger partial charge in [-0.25, -0.2) is 4.79 Å². The van der Waals surface area contributed by atoms with Gasteiger partial charge in [-0.15, -0.1) is 0 Å². The third kappa shape index (κ3) is 4.28. The summed E-state index contributed by atoms with van der Waals surface area (Å²) < 4.78 is 11.1. The molecule has 0 N–H and O–H groups in total. The van der Waals surface area contributed by atoms with E-state index in [0.717, 1.165) is 50.3 Å². The van der Waals surface area contributed by atoms with Crippen LogP contribution in [-0.2, 0) is 17.7 Å². The van der Waals surface area contributed by atoms with E-state index in [4.69, 9.17) is 9.47 Å². The predicted octanol–water partition coefficient (Wildman–Crippen LogP) is 3.12. The summed E-state index contributed by atoms with van der Waals surface area (Å²) in [5, 5.41) is 0. The second-order valence-corrected chi connectivity index (χ2v) is 7.67. The number of rotatable bonds is 6. The first-order valence-corrected chi connectivity index (χ1v) is 9.89. The fourth-order valence-electron chi connectivity index (χ4n) is 4.05. The van der Waals surface area contributed by atoms with Gasteiger partial charge in [0.1, 0.15) is 11.4 Å². The molecule has 0 unspecified atom stereocenters. The van der Waals surface area contributed by atoms with Crippen LogP contribution < -0.4 is 4.74 Å². The molecule has 2 aromatic rings. The topological polar surface area (TPSA) is 54.9 Å². The molecule has 0 atom stereocenters. The van der Waals surface area contributed by atoms with Crippen molar-refractivity contribution in [2.75, 3.05) is 33.3 Å². The maximum Gasteiger partial charge on any atom is 0.410 e. The predicted molar refractivity (Wildman–Crippen MR) is 106 cm³/mol. The van der Waals surface area contributed by atoms with Gasteiger partial charge >= 0.3 is 6.09 Å². The normalized spacial score (nSPS) is 19.0. The summed E-state index contributed by atoms with van der Waals surface area (Å²) in [5.74, 6) is 0.831. The van der Waals surface area contributed by atoms with Crippen LogP contribution in [0.5, 0.6) is 5.75 Å². The van der Waals surface area contributed by atoms with E-state index >= 15 is 0 Å². The van der Waals surface area contributed by atoms with Gasteiger partial charge in [0.2, 0.25) is 0 Å². The lowest BCUT2D eigenvalue weighted by atomic mass is 9.91. The minimum Gasteiger partial charge on any atom is -0.497 e. The fraction of sp³-hybridized carbons (Fsp3) is 0.455. The summed E-state index contributed by atoms with van der Waals surface area (Å²) in [4.78, 5) is 21.0. The highest BCUT2D eigenvalue weighted by Gasteiger charge is 2.46. The number of ether oxygens (including phenoxy) is 2. The highest BCUT2D eigenvalue weighted by molar-refractivity contribution is 5.70. The van der Waals surface area contributed by atoms with E-state index in [1.54, 1.807) is 13.3 Å². The molecule has 0 saturated carbocycles. The van der Waals surface area contributed by atoms with E-state index in [-0.39, 0.29) is 11.7 Å². The van der Waals surface area contributed by atoms with Crippen molar-refractivity contribution in [1.82, 2.24) is 14.8 Å². The largest absolute Gasteiger partial charge is 0.497 e. The van der Waals surface area contributed by atoms with Crippen LogP contribution in [0, 0.1) is 0 Å². The number of aromatic nitrogens is 1. The Bertz CT molecular complexity index is 804. The Hall–Kier alpha value is -2.60. The molecule has 1 spiro atoms. The molecular weight excluding hydrogens is 354 g/mol. The number of carbonyl (C=O) groups is 1. The molecule has 6 nitrogen and oxygen atoms in total. The Morgan fingerprint density at radius 2 is 1.96 bits per heavy atom. The van der Waals surface area contributed by atoms with Crippen LogP contribution in [0.1, 0.15) is 24.1 Å². The van der Waals surface area contributed by atoms with Crippen molar-refractivity contribution in [1.29, 1.82) is 0 Å². The van der Waals surface area contributed by atoms with E-state index in [1.807, 2.05) is 35.2 Å². The van der Waals surface area contributed by atoms with Crippen molar-refractivity contribution in [3.8, 4) is 5.75 Å². The van der Waals surface area contributed by atoms with Gasteiger partial charge in [-0.05, 0) is 18.1 Å². The number of likely N-dealkylation sites (tertiary alicyclic amines) is 1. The van der Waals surface area contributed by atoms with Crippen LogP contribution in [0.25, 0.3) is 0 Å². The fourth-order valence-corrected chi connectivity index (χ4v) is 4.05. The third-order valence-corrected chi connectivity index (χ3v) is 5.73. The summed E-state index contributed by atoms with van der Waals surface area (Å²) >= 11 is 0. The number of benzene rings is 1. The summed E-state index contributed by atoms with van der Waals surface area (Å²) in [6, 6.07) is 14.1. The molecule has 2 aliphatic heterocycles. The second-order valence-electron chi connectivity index (χ2n) is 7.67. The van der Waals surface area contributed by atoms with Crippen LogP contribution in [0.15, 0.2) is 48.7 Å². The molecule has 4 rings (SSSR count). The maximum absolute atomic E-state index is 12.4. The first-order chi connectivity index (χ1) is 13.7. The summed E-state index contributed by atoms with van der Waals surface area (Å²) in [7, 11) is 1.67. The zero-order chi connectivity index (χ0) is 19.4. The van der Waals surface area contributed by atoms with Crippen LogP contribution in [0.3, 0.4) is 0 Å². The zero-order valence-corrected chi connectivity index (χ0v) is 16.3. The molecule has 0 radical (unpaired) electrons. The summed E-state index contributed by atoms with van der Waals surface area (Å²) in [6.45, 7) is 4.00. The first-order valence-electron chi connectivity index (χ1n) is 9.89. The minimum absolute atomic E-state index is 0.168. The summed E-state index contributed by atoms with van der Waals surface area (Å²) in [5.41, 5.74) is 1.92. The van der Waals surface area contributed by atoms with Crippen molar-refractivity contribution in [3.63, 3.8) is 0 Å². The Balaban J connectivity index is 1.29. The van der Waals surface area contributed by atoms with Gasteiger partial charge in [0.25, 0.3) is 0 Å². The van der Waals surface area contributed by atoms with Gasteiger partial charge in [-0.3, -0.25) is 9.88 Å². The Morgan fingerprint density at radius 1 is 1.18 bits per heavy atom. The van der Waals surface area contributed by atoms with Crippen molar-refractivity contribution < 1.29 is 14.3 Å². The number of amides is 1. The van der Waals surface area contributed by atoms with Crippen LogP contribution in [0.4, 0.5) is 4.79 Å². The Morgan fingerprint density at radius 3 is 2.71 bits per heavy atom. The van der Waals surface area contributed by atoms with Crippen LogP contribution in [-0.4, -0.2) is 59.8 Å². The van der Waals surface area contributed by atoms with Crippen molar-refractivity contribution in [3.05, 3.63) is 59.9 Å². The van der Waals surface area contributed by atoms with Gasteiger partial charge in [0.05, 0.1) is 19.3 Å². The second kappa shape index (κ2) is 8.19. The molecule has 6 heteroatoms. The minimum atomic E-state index is -0.327. The number of pyridine rings is 1. The standard InChI is InChI=1S/C22H27N3O3/c1-27-20-7-11-23-19(15-20)16-24-13-9-22(10-14-24)17-25(21(26)28-22)12-8-18-5-3-2-4-6-18/h2-7,11,15H,8-10,12-14,16-17H2,1H3. The van der Waals surface area contributed by atoms with Crippen molar-refractivity contribution in [2.24, 2.45) is 0 Å². The first kappa shape index (κ1) is 18.7. The van der Waals surface area contributed by atoms with Crippen molar-refractivity contribution >= 4 is 6.09 Å². The number of hydrogen-bond donors (Lipinski definition) is 0. The average molecular weight is 381 g/mol. The molecule has 3 heterocycles. The molecule has 2 saturated heterocycles. The lowest BCUT2D eigenvalue weighted by molar-refractivity contribution is -0.00152. The Labute approximate surface area is 166 Å². The summed E-state index contributed by atoms with van der Waals surface area (Å²) in [6.07, 6.45) is 4.20. The van der Waals surface area contributed by atoms with E-state index in [0.29, 0.717) is 13.1 Å². The smallest absolute Gasteiger partial charge is 0.410 e. The molecule has 2 fully saturated rings. The van der Waals surface area contributed by atoms with Gasteiger partial charge in [-0.1, -0.05) is 30.3 Å².